The molecule has 1 amide bonds. The van der Waals surface area contributed by atoms with Crippen molar-refractivity contribution < 1.29 is 28.9 Å². The smallest absolute Gasteiger partial charge is 0.295 e. The van der Waals surface area contributed by atoms with Gasteiger partial charge in [-0.3, -0.25) is 9.59 Å². The second-order valence-electron chi connectivity index (χ2n) is 10.6. The second-order valence-corrected chi connectivity index (χ2v) is 10.6. The number of fused-ring (bicyclic) bond motifs is 1. The first-order valence-electron chi connectivity index (χ1n) is 13.9. The van der Waals surface area contributed by atoms with Crippen molar-refractivity contribution in [3.8, 4) is 17.2 Å². The Morgan fingerprint density at radius 1 is 0.905 bits per heavy atom. The molecule has 2 unspecified atom stereocenters. The number of aliphatic hydroxyl groups is 1. The number of carbonyl (C=O) groups is 2. The highest BCUT2D eigenvalue weighted by Crippen LogP contribution is 2.43. The first kappa shape index (κ1) is 27.1. The van der Waals surface area contributed by atoms with Crippen LogP contribution in [0.15, 0.2) is 103 Å². The number of ketones is 1. The quantitative estimate of drug-likeness (QED) is 0.156. The molecular formula is C35H31NO6. The summed E-state index contributed by atoms with van der Waals surface area (Å²) < 4.78 is 17.5. The zero-order valence-electron chi connectivity index (χ0n) is 23.4. The molecule has 1 fully saturated rings. The number of hydrogen-bond donors (Lipinski definition) is 1. The minimum absolute atomic E-state index is 0.0304. The van der Waals surface area contributed by atoms with E-state index in [4.69, 9.17) is 14.2 Å². The maximum absolute atomic E-state index is 13.6. The summed E-state index contributed by atoms with van der Waals surface area (Å²) in [4.78, 5) is 28.6. The van der Waals surface area contributed by atoms with Gasteiger partial charge in [-0.2, -0.15) is 0 Å². The van der Waals surface area contributed by atoms with Gasteiger partial charge in [-0.25, -0.2) is 0 Å². The number of Topliss-reactive ketones (excluding diaryl/α,β-unsaturated/α-hetero) is 1. The van der Waals surface area contributed by atoms with Gasteiger partial charge < -0.3 is 24.2 Å². The van der Waals surface area contributed by atoms with Crippen molar-refractivity contribution in [1.82, 2.24) is 4.90 Å². The Kier molecular flexibility index (Phi) is 7.40. The number of carbonyl (C=O) groups excluding carboxylic acids is 2. The van der Waals surface area contributed by atoms with E-state index in [-0.39, 0.29) is 24.0 Å². The fourth-order valence-electron chi connectivity index (χ4n) is 5.60. The number of aliphatic hydroxyl groups excluding tert-OH is 1. The summed E-state index contributed by atoms with van der Waals surface area (Å²) in [5, 5.41) is 11.6. The van der Waals surface area contributed by atoms with Gasteiger partial charge in [0, 0.05) is 18.5 Å². The zero-order valence-corrected chi connectivity index (χ0v) is 23.4. The molecule has 0 spiro atoms. The molecule has 0 aliphatic carbocycles. The lowest BCUT2D eigenvalue weighted by Gasteiger charge is -2.26. The van der Waals surface area contributed by atoms with Crippen molar-refractivity contribution in [2.45, 2.75) is 38.6 Å². The van der Waals surface area contributed by atoms with Gasteiger partial charge >= 0.3 is 0 Å². The summed E-state index contributed by atoms with van der Waals surface area (Å²) in [6.45, 7) is 2.52. The summed E-state index contributed by atoms with van der Waals surface area (Å²) in [5.74, 6) is 0.111. The summed E-state index contributed by atoms with van der Waals surface area (Å²) in [5.41, 5.74) is 3.93. The van der Waals surface area contributed by atoms with Gasteiger partial charge in [0.1, 0.15) is 24.2 Å². The van der Waals surface area contributed by atoms with E-state index in [1.165, 1.54) is 4.90 Å². The van der Waals surface area contributed by atoms with Crippen LogP contribution in [-0.4, -0.2) is 34.9 Å². The standard InChI is InChI=1S/C35H31NO6/c1-22-17-27-18-26(14-15-28(27)42-22)33(37)31-32(36(35(39)34(31)38)20-23-9-5-3-6-10-23)25-13-16-29(30(19-25)40-2)41-21-24-11-7-4-8-12-24/h3-16,18-19,22,32,37H,17,20-21H2,1-2H3. The molecule has 4 aromatic carbocycles. The van der Waals surface area contributed by atoms with Gasteiger partial charge in [0.15, 0.2) is 11.5 Å². The van der Waals surface area contributed by atoms with E-state index >= 15 is 0 Å². The van der Waals surface area contributed by atoms with Gasteiger partial charge in [0.05, 0.1) is 18.7 Å². The van der Waals surface area contributed by atoms with Crippen LogP contribution in [-0.2, 0) is 29.2 Å². The summed E-state index contributed by atoms with van der Waals surface area (Å²) in [6, 6.07) is 29.1. The van der Waals surface area contributed by atoms with E-state index in [1.807, 2.05) is 79.7 Å². The van der Waals surface area contributed by atoms with Crippen molar-refractivity contribution in [2.24, 2.45) is 0 Å². The number of nitrogens with zero attached hydrogens (tertiary/aromatic N) is 1. The zero-order chi connectivity index (χ0) is 29.2. The molecule has 0 radical (unpaired) electrons. The van der Waals surface area contributed by atoms with E-state index in [2.05, 4.69) is 0 Å². The van der Waals surface area contributed by atoms with E-state index in [9.17, 15) is 14.7 Å². The molecule has 0 saturated carbocycles. The number of amides is 1. The fraction of sp³-hybridized carbons (Fsp3) is 0.200. The topological polar surface area (TPSA) is 85.3 Å². The predicted molar refractivity (Wildman–Crippen MR) is 158 cm³/mol. The summed E-state index contributed by atoms with van der Waals surface area (Å²) >= 11 is 0. The average molecular weight is 562 g/mol. The van der Waals surface area contributed by atoms with Crippen LogP contribution in [0.25, 0.3) is 5.76 Å². The van der Waals surface area contributed by atoms with E-state index in [0.29, 0.717) is 35.7 Å². The molecule has 2 aliphatic rings. The third-order valence-electron chi connectivity index (χ3n) is 7.65. The summed E-state index contributed by atoms with van der Waals surface area (Å²) in [6.07, 6.45) is 0.730. The van der Waals surface area contributed by atoms with Crippen LogP contribution in [0.3, 0.4) is 0 Å². The maximum Gasteiger partial charge on any atom is 0.295 e. The molecule has 0 bridgehead atoms. The molecule has 7 heteroatoms. The van der Waals surface area contributed by atoms with Crippen molar-refractivity contribution in [3.05, 3.63) is 130 Å². The summed E-state index contributed by atoms with van der Waals surface area (Å²) in [7, 11) is 1.54. The van der Waals surface area contributed by atoms with Crippen LogP contribution in [0.2, 0.25) is 0 Å². The molecule has 1 N–H and O–H groups in total. The largest absolute Gasteiger partial charge is 0.507 e. The van der Waals surface area contributed by atoms with Gasteiger partial charge in [0.2, 0.25) is 0 Å². The van der Waals surface area contributed by atoms with Crippen LogP contribution in [0.1, 0.15) is 40.8 Å². The Bertz CT molecular complexity index is 1660. The van der Waals surface area contributed by atoms with E-state index in [0.717, 1.165) is 22.4 Å². The van der Waals surface area contributed by atoms with Crippen LogP contribution < -0.4 is 14.2 Å². The van der Waals surface area contributed by atoms with Gasteiger partial charge in [0.25, 0.3) is 11.7 Å². The maximum atomic E-state index is 13.6. The number of methoxy groups -OCH3 is 1. The second kappa shape index (κ2) is 11.4. The highest BCUT2D eigenvalue weighted by molar-refractivity contribution is 6.46. The lowest BCUT2D eigenvalue weighted by molar-refractivity contribution is -0.140. The Labute approximate surface area is 244 Å². The Morgan fingerprint density at radius 3 is 2.33 bits per heavy atom. The number of benzene rings is 4. The average Bonchev–Trinajstić information content (AvgIpc) is 3.51. The Morgan fingerprint density at radius 2 is 1.62 bits per heavy atom. The highest BCUT2D eigenvalue weighted by atomic mass is 16.5. The normalized spacial score (nSPS) is 19.0. The third kappa shape index (κ3) is 5.21. The molecule has 2 heterocycles. The molecule has 6 rings (SSSR count). The minimum Gasteiger partial charge on any atom is -0.507 e. The van der Waals surface area contributed by atoms with Crippen molar-refractivity contribution in [1.29, 1.82) is 0 Å². The lowest BCUT2D eigenvalue weighted by atomic mass is 9.94. The predicted octanol–water partition coefficient (Wildman–Crippen LogP) is 6.22. The molecule has 0 aromatic heterocycles. The van der Waals surface area contributed by atoms with Crippen LogP contribution in [0, 0.1) is 0 Å². The number of rotatable bonds is 8. The molecule has 42 heavy (non-hydrogen) atoms. The number of ether oxygens (including phenoxy) is 3. The fourth-order valence-corrected chi connectivity index (χ4v) is 5.60. The van der Waals surface area contributed by atoms with Crippen molar-refractivity contribution in [2.75, 3.05) is 7.11 Å². The minimum atomic E-state index is -0.842. The Hall–Kier alpha value is -5.04. The van der Waals surface area contributed by atoms with Crippen molar-refractivity contribution >= 4 is 17.4 Å². The Balaban J connectivity index is 1.41. The number of hydrogen-bond acceptors (Lipinski definition) is 6. The van der Waals surface area contributed by atoms with Gasteiger partial charge in [-0.15, -0.1) is 0 Å². The molecule has 7 nitrogen and oxygen atoms in total. The molecule has 2 aliphatic heterocycles. The number of likely N-dealkylation sites (tertiary alicyclic amines) is 1. The first-order chi connectivity index (χ1) is 20.4. The SMILES string of the molecule is COc1cc(C2C(=C(O)c3ccc4c(c3)CC(C)O4)C(=O)C(=O)N2Cc2ccccc2)ccc1OCc1ccccc1. The third-order valence-corrected chi connectivity index (χ3v) is 7.65. The lowest BCUT2D eigenvalue weighted by Crippen LogP contribution is -2.29. The molecule has 1 saturated heterocycles. The van der Waals surface area contributed by atoms with Crippen LogP contribution in [0.4, 0.5) is 0 Å². The van der Waals surface area contributed by atoms with Gasteiger partial charge in [-0.1, -0.05) is 66.7 Å². The molecule has 212 valence electrons. The van der Waals surface area contributed by atoms with Crippen LogP contribution >= 0.6 is 0 Å². The monoisotopic (exact) mass is 561 g/mol. The molecule has 2 atom stereocenters. The van der Waals surface area contributed by atoms with Gasteiger partial charge in [-0.05, 0) is 59.5 Å². The van der Waals surface area contributed by atoms with E-state index < -0.39 is 17.7 Å². The highest BCUT2D eigenvalue weighted by Gasteiger charge is 2.46. The first-order valence-corrected chi connectivity index (χ1v) is 13.9. The molecule has 4 aromatic rings. The van der Waals surface area contributed by atoms with Crippen molar-refractivity contribution in [3.63, 3.8) is 0 Å². The van der Waals surface area contributed by atoms with E-state index in [1.54, 1.807) is 31.4 Å². The van der Waals surface area contributed by atoms with Crippen LogP contribution in [0.5, 0.6) is 17.2 Å². The molecular weight excluding hydrogens is 530 g/mol.